The maximum atomic E-state index is 8.80. The van der Waals surface area contributed by atoms with Crippen molar-refractivity contribution in [3.8, 4) is 5.69 Å². The molecule has 7 aromatic rings. The van der Waals surface area contributed by atoms with Crippen molar-refractivity contribution < 1.29 is 0 Å². The summed E-state index contributed by atoms with van der Waals surface area (Å²) in [6.45, 7) is 0. The van der Waals surface area contributed by atoms with Crippen molar-refractivity contribution in [1.29, 1.82) is 5.41 Å². The van der Waals surface area contributed by atoms with Crippen LogP contribution in [-0.4, -0.2) is 20.6 Å². The van der Waals surface area contributed by atoms with E-state index >= 15 is 0 Å². The van der Waals surface area contributed by atoms with E-state index in [1.54, 1.807) is 0 Å². The van der Waals surface area contributed by atoms with Gasteiger partial charge in [0.15, 0.2) is 0 Å². The lowest BCUT2D eigenvalue weighted by atomic mass is 10.1. The summed E-state index contributed by atoms with van der Waals surface area (Å²) < 4.78 is 4.53. The second kappa shape index (κ2) is 8.79. The highest BCUT2D eigenvalue weighted by atomic mass is 15.0. The molecule has 0 bridgehead atoms. The van der Waals surface area contributed by atoms with Crippen LogP contribution in [0.5, 0.6) is 0 Å². The Morgan fingerprint density at radius 2 is 0.925 bits per heavy atom. The predicted molar refractivity (Wildman–Crippen MR) is 168 cm³/mol. The van der Waals surface area contributed by atoms with Gasteiger partial charge in [0.2, 0.25) is 0 Å². The monoisotopic (exact) mass is 512 g/mol. The van der Waals surface area contributed by atoms with Gasteiger partial charge >= 0.3 is 0 Å². The third kappa shape index (κ3) is 3.40. The van der Waals surface area contributed by atoms with Crippen LogP contribution < -0.4 is 0 Å². The Hall–Kier alpha value is -5.48. The largest absolute Gasteiger partial charge is 0.309 e. The van der Waals surface area contributed by atoms with Crippen LogP contribution in [-0.2, 0) is 0 Å². The predicted octanol–water partition coefficient (Wildman–Crippen LogP) is 9.09. The number of nitrogens with zero attached hydrogens (tertiary/aromatic N) is 3. The Balaban J connectivity index is 1.15. The second-order valence-electron chi connectivity index (χ2n) is 10.1. The van der Waals surface area contributed by atoms with Crippen molar-refractivity contribution in [3.05, 3.63) is 140 Å². The fourth-order valence-corrected chi connectivity index (χ4v) is 5.98. The first-order chi connectivity index (χ1) is 19.8. The van der Waals surface area contributed by atoms with Crippen LogP contribution in [0, 0.1) is 5.41 Å². The first-order valence-electron chi connectivity index (χ1n) is 13.4. The van der Waals surface area contributed by atoms with E-state index in [0.717, 1.165) is 28.1 Å². The number of fused-ring (bicyclic) bond motifs is 6. The number of hydrogen-bond donors (Lipinski definition) is 1. The minimum absolute atomic E-state index is 0.394. The lowest BCUT2D eigenvalue weighted by Crippen LogP contribution is -2.13. The fourth-order valence-electron chi connectivity index (χ4n) is 5.98. The highest BCUT2D eigenvalue weighted by molar-refractivity contribution is 6.51. The van der Waals surface area contributed by atoms with Gasteiger partial charge in [-0.15, -0.1) is 0 Å². The Morgan fingerprint density at radius 3 is 1.40 bits per heavy atom. The molecule has 4 heteroatoms. The van der Waals surface area contributed by atoms with Crippen LogP contribution in [0.15, 0.2) is 145 Å². The lowest BCUT2D eigenvalue weighted by molar-refractivity contribution is 1.18. The van der Waals surface area contributed by atoms with Crippen molar-refractivity contribution in [1.82, 2.24) is 9.13 Å². The molecule has 0 spiro atoms. The number of aromatic nitrogens is 2. The summed E-state index contributed by atoms with van der Waals surface area (Å²) in [6, 6.07) is 42.1. The normalized spacial score (nSPS) is 14.7. The number of nitrogens with one attached hydrogen (secondary N) is 1. The van der Waals surface area contributed by atoms with Gasteiger partial charge in [-0.2, -0.15) is 0 Å². The molecular formula is C36H24N4. The van der Waals surface area contributed by atoms with E-state index in [9.17, 15) is 0 Å². The molecule has 0 saturated heterocycles. The van der Waals surface area contributed by atoms with Crippen molar-refractivity contribution in [2.75, 3.05) is 0 Å². The summed E-state index contributed by atoms with van der Waals surface area (Å²) in [5.41, 5.74) is 8.54. The molecule has 2 heterocycles. The van der Waals surface area contributed by atoms with E-state index in [1.165, 1.54) is 32.6 Å². The van der Waals surface area contributed by atoms with E-state index in [2.05, 4.69) is 124 Å². The molecule has 0 radical (unpaired) electrons. The summed E-state index contributed by atoms with van der Waals surface area (Å²) in [4.78, 5) is 4.83. The smallest absolute Gasteiger partial charge is 0.0887 e. The summed E-state index contributed by atoms with van der Waals surface area (Å²) in [6.07, 6.45) is 5.91. The molecule has 0 fully saturated rings. The summed E-state index contributed by atoms with van der Waals surface area (Å²) in [5.74, 6) is 0. The molecule has 2 aromatic heterocycles. The summed E-state index contributed by atoms with van der Waals surface area (Å²) in [5, 5.41) is 13.7. The number of benzene rings is 5. The van der Waals surface area contributed by atoms with Gasteiger partial charge in [-0.1, -0.05) is 72.8 Å². The molecule has 1 aliphatic rings. The summed E-state index contributed by atoms with van der Waals surface area (Å²) in [7, 11) is 0. The Labute approximate surface area is 230 Å². The van der Waals surface area contributed by atoms with Gasteiger partial charge in [0.1, 0.15) is 0 Å². The zero-order valence-corrected chi connectivity index (χ0v) is 21.6. The number of hydrogen-bond acceptors (Lipinski definition) is 2. The van der Waals surface area contributed by atoms with Crippen LogP contribution in [0.3, 0.4) is 0 Å². The SMILES string of the molecule is N=C1C=C(n2c3ccccc3c3ccccc32)C=CC1=Nc1ccc(-n2c3ccccc3c3ccccc32)cc1. The average molecular weight is 513 g/mol. The molecule has 1 aliphatic carbocycles. The van der Waals surface area contributed by atoms with Crippen LogP contribution >= 0.6 is 0 Å². The van der Waals surface area contributed by atoms with Gasteiger partial charge < -0.3 is 9.13 Å². The van der Waals surface area contributed by atoms with Crippen LogP contribution in [0.2, 0.25) is 0 Å². The standard InChI is InChI=1S/C36H24N4/c37-31-23-26(40-35-15-7-3-11-29(35)30-12-4-8-16-36(30)40)21-22-32(31)38-24-17-19-25(20-18-24)39-33-13-5-1-9-27(33)28-10-2-6-14-34(28)39/h1-23,37H. The first-order valence-corrected chi connectivity index (χ1v) is 13.4. The quantitative estimate of drug-likeness (QED) is 0.230. The van der Waals surface area contributed by atoms with E-state index in [0.29, 0.717) is 11.4 Å². The fraction of sp³-hybridized carbons (Fsp3) is 0. The third-order valence-electron chi connectivity index (χ3n) is 7.76. The molecule has 188 valence electrons. The number of para-hydroxylation sites is 4. The van der Waals surface area contributed by atoms with Crippen molar-refractivity contribution in [2.24, 2.45) is 4.99 Å². The molecule has 0 aliphatic heterocycles. The molecule has 0 amide bonds. The van der Waals surface area contributed by atoms with Crippen LogP contribution in [0.1, 0.15) is 0 Å². The molecule has 8 rings (SSSR count). The molecule has 4 nitrogen and oxygen atoms in total. The molecule has 5 aromatic carbocycles. The first kappa shape index (κ1) is 22.5. The maximum absolute atomic E-state index is 8.80. The van der Waals surface area contributed by atoms with E-state index < -0.39 is 0 Å². The molecule has 0 unspecified atom stereocenters. The maximum Gasteiger partial charge on any atom is 0.0887 e. The average Bonchev–Trinajstić information content (AvgIpc) is 3.52. The van der Waals surface area contributed by atoms with Gasteiger partial charge in [-0.05, 0) is 66.8 Å². The zero-order valence-electron chi connectivity index (χ0n) is 21.6. The van der Waals surface area contributed by atoms with Gasteiger partial charge in [0, 0.05) is 32.9 Å². The van der Waals surface area contributed by atoms with Crippen LogP contribution in [0.4, 0.5) is 5.69 Å². The van der Waals surface area contributed by atoms with Gasteiger partial charge in [-0.3, -0.25) is 5.41 Å². The van der Waals surface area contributed by atoms with E-state index in [1.807, 2.05) is 24.3 Å². The van der Waals surface area contributed by atoms with Gasteiger partial charge in [0.05, 0.1) is 39.2 Å². The Bertz CT molecular complexity index is 2110. The number of allylic oxidation sites excluding steroid dienone is 4. The van der Waals surface area contributed by atoms with Gasteiger partial charge in [-0.25, -0.2) is 4.99 Å². The van der Waals surface area contributed by atoms with Gasteiger partial charge in [0.25, 0.3) is 0 Å². The van der Waals surface area contributed by atoms with Crippen molar-refractivity contribution >= 4 is 66.4 Å². The topological polar surface area (TPSA) is 46.1 Å². The second-order valence-corrected chi connectivity index (χ2v) is 10.1. The minimum atomic E-state index is 0.394. The zero-order chi connectivity index (χ0) is 26.6. The van der Waals surface area contributed by atoms with Crippen molar-refractivity contribution in [3.63, 3.8) is 0 Å². The highest BCUT2D eigenvalue weighted by Crippen LogP contribution is 2.34. The molecule has 1 N–H and O–H groups in total. The number of rotatable bonds is 3. The molecular weight excluding hydrogens is 488 g/mol. The van der Waals surface area contributed by atoms with E-state index in [-0.39, 0.29) is 0 Å². The summed E-state index contributed by atoms with van der Waals surface area (Å²) >= 11 is 0. The van der Waals surface area contributed by atoms with E-state index in [4.69, 9.17) is 10.4 Å². The number of aliphatic imine (C=N–C) groups is 1. The Morgan fingerprint density at radius 1 is 0.475 bits per heavy atom. The molecule has 0 atom stereocenters. The van der Waals surface area contributed by atoms with Crippen molar-refractivity contribution in [2.45, 2.75) is 0 Å². The molecule has 0 saturated carbocycles. The third-order valence-corrected chi connectivity index (χ3v) is 7.76. The lowest BCUT2D eigenvalue weighted by Gasteiger charge is -2.14. The van der Waals surface area contributed by atoms with Crippen LogP contribution in [0.25, 0.3) is 55.0 Å². The Kier molecular flexibility index (Phi) is 4.94. The minimum Gasteiger partial charge on any atom is -0.309 e. The molecule has 40 heavy (non-hydrogen) atoms. The highest BCUT2D eigenvalue weighted by Gasteiger charge is 2.16.